The molecule has 1 unspecified atom stereocenters. The Balaban J connectivity index is 2.32. The third-order valence-electron chi connectivity index (χ3n) is 2.77. The number of aliphatic hydroxyl groups excluding tert-OH is 1. The second-order valence-corrected chi connectivity index (χ2v) is 6.13. The van der Waals surface area contributed by atoms with Crippen LogP contribution in [-0.2, 0) is 9.84 Å². The minimum Gasteiger partial charge on any atom is -0.396 e. The molecule has 1 heterocycles. The standard InChI is InChI=1S/C11H14FNO3S/c12-8-3-4-11-10(6-8)13-9(2-1-5-14)7-17(11,15)16/h3-4,6,9,13-14H,1-2,5,7H2. The monoisotopic (exact) mass is 259 g/mol. The van der Waals surface area contributed by atoms with Gasteiger partial charge in [0.2, 0.25) is 0 Å². The van der Waals surface area contributed by atoms with E-state index in [4.69, 9.17) is 5.11 Å². The zero-order valence-electron chi connectivity index (χ0n) is 9.19. The van der Waals surface area contributed by atoms with Crippen molar-refractivity contribution in [1.29, 1.82) is 0 Å². The van der Waals surface area contributed by atoms with Gasteiger partial charge < -0.3 is 10.4 Å². The van der Waals surface area contributed by atoms with Crippen molar-refractivity contribution in [2.75, 3.05) is 17.7 Å². The minimum absolute atomic E-state index is 0.00830. The van der Waals surface area contributed by atoms with Crippen LogP contribution in [0.4, 0.5) is 10.1 Å². The fourth-order valence-electron chi connectivity index (χ4n) is 2.00. The first kappa shape index (κ1) is 12.3. The molecule has 2 rings (SSSR count). The van der Waals surface area contributed by atoms with Crippen LogP contribution in [-0.4, -0.2) is 31.9 Å². The Bertz CT molecular complexity index is 515. The average Bonchev–Trinajstić information content (AvgIpc) is 2.24. The van der Waals surface area contributed by atoms with Gasteiger partial charge in [0.25, 0.3) is 0 Å². The lowest BCUT2D eigenvalue weighted by Crippen LogP contribution is -2.34. The van der Waals surface area contributed by atoms with E-state index in [0.29, 0.717) is 18.5 Å². The average molecular weight is 259 g/mol. The molecule has 17 heavy (non-hydrogen) atoms. The number of hydrogen-bond acceptors (Lipinski definition) is 4. The molecule has 0 spiro atoms. The third-order valence-corrected chi connectivity index (χ3v) is 4.63. The molecule has 4 nitrogen and oxygen atoms in total. The molecule has 2 N–H and O–H groups in total. The molecule has 0 fully saturated rings. The molecule has 0 aliphatic carbocycles. The van der Waals surface area contributed by atoms with E-state index in [1.807, 2.05) is 0 Å². The fraction of sp³-hybridized carbons (Fsp3) is 0.455. The van der Waals surface area contributed by atoms with Crippen LogP contribution in [0.15, 0.2) is 23.1 Å². The molecular weight excluding hydrogens is 245 g/mol. The SMILES string of the molecule is O=S1(=O)CC(CCCO)Nc2cc(F)ccc21. The predicted molar refractivity (Wildman–Crippen MR) is 62.2 cm³/mol. The van der Waals surface area contributed by atoms with Crippen LogP contribution in [0, 0.1) is 5.82 Å². The van der Waals surface area contributed by atoms with Gasteiger partial charge in [-0.15, -0.1) is 0 Å². The second kappa shape index (κ2) is 4.62. The molecule has 1 aliphatic rings. The summed E-state index contributed by atoms with van der Waals surface area (Å²) < 4.78 is 36.9. The maximum Gasteiger partial charge on any atom is 0.182 e. The van der Waals surface area contributed by atoms with E-state index in [2.05, 4.69) is 5.32 Å². The molecule has 0 saturated heterocycles. The highest BCUT2D eigenvalue weighted by Crippen LogP contribution is 2.30. The molecule has 94 valence electrons. The van der Waals surface area contributed by atoms with Crippen LogP contribution in [0.5, 0.6) is 0 Å². The van der Waals surface area contributed by atoms with E-state index in [1.165, 1.54) is 12.1 Å². The van der Waals surface area contributed by atoms with Gasteiger partial charge in [-0.05, 0) is 31.0 Å². The summed E-state index contributed by atoms with van der Waals surface area (Å²) in [6.45, 7) is 0.0221. The summed E-state index contributed by atoms with van der Waals surface area (Å²) >= 11 is 0. The first-order chi connectivity index (χ1) is 8.03. The van der Waals surface area contributed by atoms with E-state index < -0.39 is 15.7 Å². The van der Waals surface area contributed by atoms with Crippen molar-refractivity contribution in [2.45, 2.75) is 23.8 Å². The lowest BCUT2D eigenvalue weighted by atomic mass is 10.1. The quantitative estimate of drug-likeness (QED) is 0.800. The van der Waals surface area contributed by atoms with Gasteiger partial charge >= 0.3 is 0 Å². The van der Waals surface area contributed by atoms with Crippen LogP contribution >= 0.6 is 0 Å². The largest absolute Gasteiger partial charge is 0.396 e. The van der Waals surface area contributed by atoms with Gasteiger partial charge in [-0.1, -0.05) is 0 Å². The summed E-state index contributed by atoms with van der Waals surface area (Å²) in [5.74, 6) is -0.472. The van der Waals surface area contributed by atoms with Crippen molar-refractivity contribution in [3.63, 3.8) is 0 Å². The van der Waals surface area contributed by atoms with Gasteiger partial charge in [0.15, 0.2) is 9.84 Å². The number of halogens is 1. The summed E-state index contributed by atoms with van der Waals surface area (Å²) in [7, 11) is -3.35. The van der Waals surface area contributed by atoms with Gasteiger partial charge in [0.1, 0.15) is 5.82 Å². The molecule has 0 radical (unpaired) electrons. The number of nitrogens with one attached hydrogen (secondary N) is 1. The first-order valence-corrected chi connectivity index (χ1v) is 7.08. The number of benzene rings is 1. The lowest BCUT2D eigenvalue weighted by Gasteiger charge is -2.26. The van der Waals surface area contributed by atoms with Crippen LogP contribution in [0.3, 0.4) is 0 Å². The van der Waals surface area contributed by atoms with Crippen molar-refractivity contribution < 1.29 is 17.9 Å². The summed E-state index contributed by atoms with van der Waals surface area (Å²) in [6.07, 6.45) is 1.07. The van der Waals surface area contributed by atoms with Crippen molar-refractivity contribution in [2.24, 2.45) is 0 Å². The minimum atomic E-state index is -3.35. The van der Waals surface area contributed by atoms with Crippen LogP contribution in [0.25, 0.3) is 0 Å². The number of fused-ring (bicyclic) bond motifs is 1. The highest BCUT2D eigenvalue weighted by molar-refractivity contribution is 7.91. The van der Waals surface area contributed by atoms with Gasteiger partial charge in [0, 0.05) is 12.6 Å². The van der Waals surface area contributed by atoms with Crippen molar-refractivity contribution >= 4 is 15.5 Å². The maximum absolute atomic E-state index is 13.1. The van der Waals surface area contributed by atoms with Crippen LogP contribution in [0.1, 0.15) is 12.8 Å². The Hall–Kier alpha value is -1.14. The number of aliphatic hydroxyl groups is 1. The number of rotatable bonds is 3. The van der Waals surface area contributed by atoms with Crippen LogP contribution in [0.2, 0.25) is 0 Å². The predicted octanol–water partition coefficient (Wildman–Crippen LogP) is 1.17. The van der Waals surface area contributed by atoms with E-state index in [-0.39, 0.29) is 23.3 Å². The summed E-state index contributed by atoms with van der Waals surface area (Å²) in [6, 6.07) is 3.36. The fourth-order valence-corrected chi connectivity index (χ4v) is 3.68. The Morgan fingerprint density at radius 1 is 1.47 bits per heavy atom. The Labute approximate surface area is 99.4 Å². The molecule has 0 bridgehead atoms. The number of sulfone groups is 1. The second-order valence-electron chi connectivity index (χ2n) is 4.13. The molecular formula is C11H14FNO3S. The molecule has 0 amide bonds. The molecule has 0 saturated carbocycles. The van der Waals surface area contributed by atoms with Gasteiger partial charge in [-0.25, -0.2) is 12.8 Å². The van der Waals surface area contributed by atoms with Gasteiger partial charge in [-0.2, -0.15) is 0 Å². The van der Waals surface area contributed by atoms with E-state index in [0.717, 1.165) is 6.07 Å². The number of anilines is 1. The van der Waals surface area contributed by atoms with Crippen molar-refractivity contribution in [3.8, 4) is 0 Å². The zero-order valence-corrected chi connectivity index (χ0v) is 10.0. The first-order valence-electron chi connectivity index (χ1n) is 5.42. The summed E-state index contributed by atoms with van der Waals surface area (Å²) in [5.41, 5.74) is 0.319. The Morgan fingerprint density at radius 2 is 2.24 bits per heavy atom. The van der Waals surface area contributed by atoms with Gasteiger partial charge in [0.05, 0.1) is 16.3 Å². The van der Waals surface area contributed by atoms with Crippen molar-refractivity contribution in [3.05, 3.63) is 24.0 Å². The summed E-state index contributed by atoms with van der Waals surface area (Å²) in [5, 5.41) is 11.7. The number of hydrogen-bond donors (Lipinski definition) is 2. The third kappa shape index (κ3) is 2.58. The van der Waals surface area contributed by atoms with E-state index >= 15 is 0 Å². The topological polar surface area (TPSA) is 66.4 Å². The van der Waals surface area contributed by atoms with Gasteiger partial charge in [-0.3, -0.25) is 0 Å². The molecule has 1 aromatic carbocycles. The smallest absolute Gasteiger partial charge is 0.182 e. The van der Waals surface area contributed by atoms with Crippen molar-refractivity contribution in [1.82, 2.24) is 0 Å². The normalized spacial score (nSPS) is 21.6. The molecule has 1 atom stereocenters. The van der Waals surface area contributed by atoms with E-state index in [9.17, 15) is 12.8 Å². The highest BCUT2D eigenvalue weighted by atomic mass is 32.2. The maximum atomic E-state index is 13.1. The molecule has 1 aromatic rings. The van der Waals surface area contributed by atoms with E-state index in [1.54, 1.807) is 0 Å². The van der Waals surface area contributed by atoms with Crippen LogP contribution < -0.4 is 5.32 Å². The highest BCUT2D eigenvalue weighted by Gasteiger charge is 2.29. The molecule has 1 aliphatic heterocycles. The Kier molecular flexibility index (Phi) is 3.35. The molecule has 0 aromatic heterocycles. The summed E-state index contributed by atoms with van der Waals surface area (Å²) in [4.78, 5) is 0.152. The molecule has 6 heteroatoms. The Morgan fingerprint density at radius 3 is 2.94 bits per heavy atom. The zero-order chi connectivity index (χ0) is 12.5. The lowest BCUT2D eigenvalue weighted by molar-refractivity contribution is 0.282.